The molecule has 0 amide bonds. The van der Waals surface area contributed by atoms with Crippen LogP contribution in [0.5, 0.6) is 0 Å². The van der Waals surface area contributed by atoms with Gasteiger partial charge in [0.15, 0.2) is 0 Å². The van der Waals surface area contributed by atoms with Crippen LogP contribution >= 0.6 is 0 Å². The smallest absolute Gasteiger partial charge is 0.0695 e. The van der Waals surface area contributed by atoms with Gasteiger partial charge in [-0.15, -0.1) is 0 Å². The molecule has 2 aliphatic rings. The molecule has 1 aliphatic carbocycles. The Hall–Kier alpha value is -0.120. The molecule has 1 heterocycles. The zero-order valence-corrected chi connectivity index (χ0v) is 11.6. The average molecular weight is 240 g/mol. The lowest BCUT2D eigenvalue weighted by Crippen LogP contribution is -2.47. The first-order valence-corrected chi connectivity index (χ1v) is 7.21. The van der Waals surface area contributed by atoms with Gasteiger partial charge < -0.3 is 10.1 Å². The Morgan fingerprint density at radius 3 is 2.59 bits per heavy atom. The first-order chi connectivity index (χ1) is 8.22. The van der Waals surface area contributed by atoms with Crippen LogP contribution in [0.3, 0.4) is 0 Å². The van der Waals surface area contributed by atoms with Crippen LogP contribution in [0.25, 0.3) is 0 Å². The van der Waals surface area contributed by atoms with Gasteiger partial charge in [0.05, 0.1) is 6.10 Å². The molecule has 100 valence electrons. The average Bonchev–Trinajstić information content (AvgIpc) is 3.19. The van der Waals surface area contributed by atoms with Crippen molar-refractivity contribution < 1.29 is 4.74 Å². The van der Waals surface area contributed by atoms with Crippen molar-refractivity contribution in [2.24, 2.45) is 5.92 Å². The third-order valence-electron chi connectivity index (χ3n) is 4.46. The predicted molar refractivity (Wildman–Crippen MR) is 71.3 cm³/mol. The number of piperidine rings is 1. The van der Waals surface area contributed by atoms with Crippen LogP contribution in [0.2, 0.25) is 0 Å². The maximum atomic E-state index is 5.50. The highest BCUT2D eigenvalue weighted by Gasteiger charge is 2.35. The fourth-order valence-corrected chi connectivity index (χ4v) is 2.90. The summed E-state index contributed by atoms with van der Waals surface area (Å²) in [5.74, 6) is 0.843. The van der Waals surface area contributed by atoms with E-state index in [9.17, 15) is 0 Å². The van der Waals surface area contributed by atoms with Gasteiger partial charge in [0, 0.05) is 25.7 Å². The Balaban J connectivity index is 1.87. The largest absolute Gasteiger partial charge is 0.380 e. The maximum Gasteiger partial charge on any atom is 0.0695 e. The Bertz CT molecular complexity index is 224. The van der Waals surface area contributed by atoms with Gasteiger partial charge >= 0.3 is 0 Å². The molecule has 0 aromatic rings. The van der Waals surface area contributed by atoms with Crippen molar-refractivity contribution in [3.05, 3.63) is 0 Å². The van der Waals surface area contributed by atoms with E-state index in [1.54, 1.807) is 0 Å². The third-order valence-corrected chi connectivity index (χ3v) is 4.46. The van der Waals surface area contributed by atoms with Crippen molar-refractivity contribution in [2.45, 2.75) is 57.7 Å². The molecule has 1 N–H and O–H groups in total. The standard InChI is InChI=1S/C14H28N2O/c1-11(12(2)17-3)16(14-6-7-14)10-13-5-4-8-15-9-13/h11-15H,4-10H2,1-3H3. The van der Waals surface area contributed by atoms with E-state index in [-0.39, 0.29) is 0 Å². The van der Waals surface area contributed by atoms with E-state index in [2.05, 4.69) is 24.1 Å². The summed E-state index contributed by atoms with van der Waals surface area (Å²) in [5, 5.41) is 3.52. The minimum atomic E-state index is 0.340. The number of rotatable bonds is 6. The van der Waals surface area contributed by atoms with E-state index in [0.29, 0.717) is 12.1 Å². The molecule has 17 heavy (non-hydrogen) atoms. The van der Waals surface area contributed by atoms with E-state index >= 15 is 0 Å². The Kier molecular flexibility index (Phi) is 4.83. The van der Waals surface area contributed by atoms with Crippen molar-refractivity contribution in [1.82, 2.24) is 10.2 Å². The lowest BCUT2D eigenvalue weighted by Gasteiger charge is -2.36. The van der Waals surface area contributed by atoms with Crippen molar-refractivity contribution >= 4 is 0 Å². The molecule has 3 atom stereocenters. The van der Waals surface area contributed by atoms with Crippen molar-refractivity contribution in [1.29, 1.82) is 0 Å². The molecule has 3 unspecified atom stereocenters. The third kappa shape index (κ3) is 3.67. The highest BCUT2D eigenvalue weighted by atomic mass is 16.5. The molecule has 0 aromatic heterocycles. The molecule has 1 aliphatic heterocycles. The van der Waals surface area contributed by atoms with Gasteiger partial charge in [-0.05, 0) is 58.5 Å². The van der Waals surface area contributed by atoms with Gasteiger partial charge in [-0.2, -0.15) is 0 Å². The fraction of sp³-hybridized carbons (Fsp3) is 1.00. The number of nitrogens with one attached hydrogen (secondary N) is 1. The number of nitrogens with zero attached hydrogens (tertiary/aromatic N) is 1. The second-order valence-corrected chi connectivity index (χ2v) is 5.82. The highest BCUT2D eigenvalue weighted by molar-refractivity contribution is 4.91. The number of hydrogen-bond donors (Lipinski definition) is 1. The zero-order chi connectivity index (χ0) is 12.3. The Labute approximate surface area is 106 Å². The molecule has 1 saturated carbocycles. The van der Waals surface area contributed by atoms with Crippen LogP contribution < -0.4 is 5.32 Å². The van der Waals surface area contributed by atoms with Gasteiger partial charge in [-0.3, -0.25) is 4.90 Å². The second kappa shape index (κ2) is 6.17. The number of methoxy groups -OCH3 is 1. The van der Waals surface area contributed by atoms with Crippen LogP contribution in [0.15, 0.2) is 0 Å². The quantitative estimate of drug-likeness (QED) is 0.767. The summed E-state index contributed by atoms with van der Waals surface area (Å²) >= 11 is 0. The summed E-state index contributed by atoms with van der Waals surface area (Å²) < 4.78 is 5.50. The van der Waals surface area contributed by atoms with Crippen molar-refractivity contribution in [2.75, 3.05) is 26.7 Å². The first-order valence-electron chi connectivity index (χ1n) is 7.21. The van der Waals surface area contributed by atoms with Gasteiger partial charge in [0.25, 0.3) is 0 Å². The summed E-state index contributed by atoms with van der Waals surface area (Å²) in [6.45, 7) is 8.19. The normalized spacial score (nSPS) is 29.3. The van der Waals surface area contributed by atoms with Crippen LogP contribution in [0.1, 0.15) is 39.5 Å². The van der Waals surface area contributed by atoms with Gasteiger partial charge in [0.2, 0.25) is 0 Å². The van der Waals surface area contributed by atoms with Crippen LogP contribution in [0.4, 0.5) is 0 Å². The summed E-state index contributed by atoms with van der Waals surface area (Å²) in [6.07, 6.45) is 5.86. The summed E-state index contributed by atoms with van der Waals surface area (Å²) in [5.41, 5.74) is 0. The molecule has 3 heteroatoms. The SMILES string of the molecule is COC(C)C(C)N(CC1CCCNC1)C1CC1. The van der Waals surface area contributed by atoms with E-state index in [4.69, 9.17) is 4.74 Å². The molecule has 3 nitrogen and oxygen atoms in total. The predicted octanol–water partition coefficient (Wildman–Crippen LogP) is 1.87. The Morgan fingerprint density at radius 2 is 2.06 bits per heavy atom. The van der Waals surface area contributed by atoms with E-state index < -0.39 is 0 Å². The monoisotopic (exact) mass is 240 g/mol. The van der Waals surface area contributed by atoms with E-state index in [1.165, 1.54) is 45.3 Å². The number of hydrogen-bond acceptors (Lipinski definition) is 3. The van der Waals surface area contributed by atoms with Crippen LogP contribution in [-0.4, -0.2) is 49.8 Å². The molecule has 2 fully saturated rings. The molecule has 0 spiro atoms. The second-order valence-electron chi connectivity index (χ2n) is 5.82. The minimum Gasteiger partial charge on any atom is -0.380 e. The number of ether oxygens (including phenoxy) is 1. The lowest BCUT2D eigenvalue weighted by atomic mass is 9.98. The topological polar surface area (TPSA) is 24.5 Å². The molecule has 0 bridgehead atoms. The molecular weight excluding hydrogens is 212 g/mol. The Morgan fingerprint density at radius 1 is 1.29 bits per heavy atom. The van der Waals surface area contributed by atoms with Crippen LogP contribution in [-0.2, 0) is 4.74 Å². The maximum absolute atomic E-state index is 5.50. The summed E-state index contributed by atoms with van der Waals surface area (Å²) in [6, 6.07) is 1.39. The summed E-state index contributed by atoms with van der Waals surface area (Å²) in [4.78, 5) is 2.70. The highest BCUT2D eigenvalue weighted by Crippen LogP contribution is 2.31. The van der Waals surface area contributed by atoms with E-state index in [0.717, 1.165) is 12.0 Å². The summed E-state index contributed by atoms with van der Waals surface area (Å²) in [7, 11) is 1.83. The minimum absolute atomic E-state index is 0.340. The fourth-order valence-electron chi connectivity index (χ4n) is 2.90. The van der Waals surface area contributed by atoms with Gasteiger partial charge in [0.1, 0.15) is 0 Å². The van der Waals surface area contributed by atoms with Crippen molar-refractivity contribution in [3.8, 4) is 0 Å². The zero-order valence-electron chi connectivity index (χ0n) is 11.6. The van der Waals surface area contributed by atoms with E-state index in [1.807, 2.05) is 7.11 Å². The molecule has 0 radical (unpaired) electrons. The molecule has 1 saturated heterocycles. The lowest BCUT2D eigenvalue weighted by molar-refractivity contribution is 0.0210. The molecule has 0 aromatic carbocycles. The van der Waals surface area contributed by atoms with Crippen molar-refractivity contribution in [3.63, 3.8) is 0 Å². The molecular formula is C14H28N2O. The van der Waals surface area contributed by atoms with Crippen LogP contribution in [0, 0.1) is 5.92 Å². The molecule has 2 rings (SSSR count). The van der Waals surface area contributed by atoms with Gasteiger partial charge in [-0.25, -0.2) is 0 Å². The van der Waals surface area contributed by atoms with Gasteiger partial charge in [-0.1, -0.05) is 0 Å². The first kappa shape index (κ1) is 13.3.